The first-order valence-corrected chi connectivity index (χ1v) is 10.5. The summed E-state index contributed by atoms with van der Waals surface area (Å²) in [4.78, 5) is 23.1. The van der Waals surface area contributed by atoms with Crippen LogP contribution >= 0.6 is 11.6 Å². The fourth-order valence-corrected chi connectivity index (χ4v) is 5.06. The molecule has 2 rings (SSSR count). The van der Waals surface area contributed by atoms with Crippen molar-refractivity contribution in [2.45, 2.75) is 45.6 Å². The third-order valence-corrected chi connectivity index (χ3v) is 6.47. The smallest absolute Gasteiger partial charge is 0.265 e. The van der Waals surface area contributed by atoms with E-state index in [-0.39, 0.29) is 10.8 Å². The number of aryl methyl sites for hydroxylation is 3. The minimum Gasteiger partial charge on any atom is -0.326 e. The second-order valence-electron chi connectivity index (χ2n) is 6.73. The first kappa shape index (κ1) is 21.9. The molecule has 0 saturated heterocycles. The molecule has 0 radical (unpaired) electrons. The van der Waals surface area contributed by atoms with Crippen molar-refractivity contribution in [2.24, 2.45) is 0 Å². The van der Waals surface area contributed by atoms with Crippen LogP contribution < -0.4 is 9.62 Å². The number of hydrogen-bond acceptors (Lipinski definition) is 4. The van der Waals surface area contributed by atoms with Crippen LogP contribution in [-0.4, -0.2) is 25.6 Å². The predicted octanol–water partition coefficient (Wildman–Crippen LogP) is 3.92. The summed E-state index contributed by atoms with van der Waals surface area (Å²) in [6.07, 6.45) is 0. The lowest BCUT2D eigenvalue weighted by molar-refractivity contribution is -0.114. The van der Waals surface area contributed by atoms with E-state index in [0.717, 1.165) is 21.0 Å². The second-order valence-corrected chi connectivity index (χ2v) is 8.92. The van der Waals surface area contributed by atoms with Gasteiger partial charge in [0.1, 0.15) is 6.04 Å². The molecule has 2 aromatic rings. The lowest BCUT2D eigenvalue weighted by atomic mass is 10.0. The predicted molar refractivity (Wildman–Crippen MR) is 111 cm³/mol. The Morgan fingerprint density at radius 1 is 1.04 bits per heavy atom. The van der Waals surface area contributed by atoms with Gasteiger partial charge >= 0.3 is 0 Å². The number of benzene rings is 2. The van der Waals surface area contributed by atoms with Gasteiger partial charge in [-0.15, -0.1) is 0 Å². The van der Waals surface area contributed by atoms with Gasteiger partial charge in [-0.05, 0) is 74.7 Å². The number of amides is 1. The van der Waals surface area contributed by atoms with E-state index < -0.39 is 21.3 Å². The van der Waals surface area contributed by atoms with Crippen molar-refractivity contribution >= 4 is 44.1 Å². The summed E-state index contributed by atoms with van der Waals surface area (Å²) in [6, 6.07) is 8.38. The maximum atomic E-state index is 13.4. The van der Waals surface area contributed by atoms with Gasteiger partial charge < -0.3 is 5.32 Å². The first-order valence-electron chi connectivity index (χ1n) is 8.64. The Hall–Kier alpha value is -2.38. The summed E-state index contributed by atoms with van der Waals surface area (Å²) < 4.78 is 27.9. The second kappa shape index (κ2) is 8.32. The Balaban J connectivity index is 2.64. The molecule has 0 bridgehead atoms. The number of nitrogens with zero attached hydrogens (tertiary/aromatic N) is 1. The van der Waals surface area contributed by atoms with Gasteiger partial charge in [-0.1, -0.05) is 17.7 Å². The fourth-order valence-electron chi connectivity index (χ4n) is 3.16. The molecule has 150 valence electrons. The SMILES string of the molecule is CC(=O)Nc1ccc(S(=O)(=O)N(c2c(C)cc(C)cc2C)C(C)C(=O)Cl)cc1. The molecule has 0 fully saturated rings. The molecule has 28 heavy (non-hydrogen) atoms. The van der Waals surface area contributed by atoms with Gasteiger partial charge in [0.25, 0.3) is 10.0 Å². The van der Waals surface area contributed by atoms with Crippen molar-refractivity contribution < 1.29 is 18.0 Å². The van der Waals surface area contributed by atoms with Gasteiger partial charge in [-0.3, -0.25) is 13.9 Å². The van der Waals surface area contributed by atoms with Crippen molar-refractivity contribution in [3.05, 3.63) is 53.1 Å². The van der Waals surface area contributed by atoms with Crippen molar-refractivity contribution in [3.8, 4) is 0 Å². The maximum Gasteiger partial charge on any atom is 0.265 e. The van der Waals surface area contributed by atoms with Crippen LogP contribution in [0.3, 0.4) is 0 Å². The molecule has 8 heteroatoms. The van der Waals surface area contributed by atoms with E-state index >= 15 is 0 Å². The van der Waals surface area contributed by atoms with Gasteiger partial charge in [-0.2, -0.15) is 0 Å². The van der Waals surface area contributed by atoms with Crippen LogP contribution in [0.5, 0.6) is 0 Å². The van der Waals surface area contributed by atoms with Gasteiger partial charge in [0, 0.05) is 12.6 Å². The van der Waals surface area contributed by atoms with Crippen LogP contribution in [0, 0.1) is 20.8 Å². The number of rotatable bonds is 6. The van der Waals surface area contributed by atoms with Crippen molar-refractivity contribution in [1.29, 1.82) is 0 Å². The fraction of sp³-hybridized carbons (Fsp3) is 0.300. The van der Waals surface area contributed by atoms with Crippen molar-refractivity contribution in [3.63, 3.8) is 0 Å². The highest BCUT2D eigenvalue weighted by Gasteiger charge is 2.34. The van der Waals surface area contributed by atoms with E-state index in [9.17, 15) is 18.0 Å². The number of hydrogen-bond donors (Lipinski definition) is 1. The van der Waals surface area contributed by atoms with Gasteiger partial charge in [0.15, 0.2) is 0 Å². The Bertz CT molecular complexity index is 994. The Labute approximate surface area is 170 Å². The molecule has 0 saturated carbocycles. The largest absolute Gasteiger partial charge is 0.326 e. The molecule has 6 nitrogen and oxygen atoms in total. The van der Waals surface area contributed by atoms with E-state index in [2.05, 4.69) is 5.32 Å². The molecule has 0 heterocycles. The van der Waals surface area contributed by atoms with E-state index in [1.807, 2.05) is 19.1 Å². The van der Waals surface area contributed by atoms with Crippen LogP contribution in [0.2, 0.25) is 0 Å². The molecule has 0 aliphatic rings. The first-order chi connectivity index (χ1) is 12.9. The zero-order valence-corrected chi connectivity index (χ0v) is 18.0. The molecule has 0 aromatic heterocycles. The minimum atomic E-state index is -4.09. The van der Waals surface area contributed by atoms with E-state index in [0.29, 0.717) is 11.4 Å². The third-order valence-electron chi connectivity index (χ3n) is 4.27. The molecule has 2 aromatic carbocycles. The van der Waals surface area contributed by atoms with Crippen LogP contribution in [0.15, 0.2) is 41.3 Å². The molecule has 0 aliphatic heterocycles. The third kappa shape index (κ3) is 4.54. The number of halogens is 1. The zero-order chi connectivity index (χ0) is 21.2. The van der Waals surface area contributed by atoms with Crippen molar-refractivity contribution in [2.75, 3.05) is 9.62 Å². The standard InChI is InChI=1S/C20H23ClN2O4S/c1-12-10-13(2)19(14(3)11-12)23(15(4)20(21)25)28(26,27)18-8-6-17(7-9-18)22-16(5)24/h6-11,15H,1-5H3,(H,22,24). The highest BCUT2D eigenvalue weighted by molar-refractivity contribution is 7.93. The summed E-state index contributed by atoms with van der Waals surface area (Å²) in [7, 11) is -4.09. The monoisotopic (exact) mass is 422 g/mol. The number of nitrogens with one attached hydrogen (secondary N) is 1. The van der Waals surface area contributed by atoms with Gasteiger partial charge in [0.2, 0.25) is 11.1 Å². The number of carbonyl (C=O) groups is 2. The average Bonchev–Trinajstić information content (AvgIpc) is 2.57. The summed E-state index contributed by atoms with van der Waals surface area (Å²) in [6.45, 7) is 8.33. The highest BCUT2D eigenvalue weighted by atomic mass is 35.5. The topological polar surface area (TPSA) is 83.6 Å². The zero-order valence-electron chi connectivity index (χ0n) is 16.4. The summed E-state index contributed by atoms with van der Waals surface area (Å²) in [5, 5.41) is 1.81. The number of carbonyl (C=O) groups excluding carboxylic acids is 2. The van der Waals surface area contributed by atoms with E-state index in [4.69, 9.17) is 11.6 Å². The Morgan fingerprint density at radius 2 is 1.54 bits per heavy atom. The average molecular weight is 423 g/mol. The minimum absolute atomic E-state index is 0.00857. The molecule has 0 aliphatic carbocycles. The van der Waals surface area contributed by atoms with Crippen LogP contribution in [0.4, 0.5) is 11.4 Å². The maximum absolute atomic E-state index is 13.4. The van der Waals surface area contributed by atoms with E-state index in [1.54, 1.807) is 13.8 Å². The molecule has 1 unspecified atom stereocenters. The highest BCUT2D eigenvalue weighted by Crippen LogP contribution is 2.33. The molecular formula is C20H23ClN2O4S. The molecule has 1 N–H and O–H groups in total. The summed E-state index contributed by atoms with van der Waals surface area (Å²) in [5.41, 5.74) is 3.34. The molecule has 0 spiro atoms. The van der Waals surface area contributed by atoms with Gasteiger partial charge in [-0.25, -0.2) is 8.42 Å². The lowest BCUT2D eigenvalue weighted by Crippen LogP contribution is -2.42. The molecule has 1 atom stereocenters. The summed E-state index contributed by atoms with van der Waals surface area (Å²) in [5.74, 6) is -0.260. The van der Waals surface area contributed by atoms with E-state index in [1.165, 1.54) is 38.1 Å². The molecule has 1 amide bonds. The normalized spacial score (nSPS) is 12.4. The van der Waals surface area contributed by atoms with Crippen LogP contribution in [0.1, 0.15) is 30.5 Å². The summed E-state index contributed by atoms with van der Waals surface area (Å²) >= 11 is 5.69. The van der Waals surface area contributed by atoms with Crippen molar-refractivity contribution in [1.82, 2.24) is 0 Å². The van der Waals surface area contributed by atoms with Crippen LogP contribution in [0.25, 0.3) is 0 Å². The Kier molecular flexibility index (Phi) is 6.52. The quantitative estimate of drug-likeness (QED) is 0.715. The van der Waals surface area contributed by atoms with Gasteiger partial charge in [0.05, 0.1) is 10.6 Å². The number of sulfonamides is 1. The van der Waals surface area contributed by atoms with Crippen LogP contribution in [-0.2, 0) is 19.6 Å². The molecular weight excluding hydrogens is 400 g/mol. The Morgan fingerprint density at radius 3 is 1.96 bits per heavy atom. The lowest BCUT2D eigenvalue weighted by Gasteiger charge is -2.31. The number of anilines is 2.